The third-order valence-corrected chi connectivity index (χ3v) is 6.69. The fourth-order valence-electron chi connectivity index (χ4n) is 6.95. The Bertz CT molecular complexity index is 360. The maximum atomic E-state index is 3.44. The maximum Gasteiger partial charge on any atom is 0.0104 e. The quantitative estimate of drug-likeness (QED) is 0.716. The van der Waals surface area contributed by atoms with Gasteiger partial charge in [0.15, 0.2) is 0 Å². The van der Waals surface area contributed by atoms with E-state index in [9.17, 15) is 0 Å². The van der Waals surface area contributed by atoms with Gasteiger partial charge in [-0.1, -0.05) is 20.8 Å². The lowest BCUT2D eigenvalue weighted by molar-refractivity contribution is -0.148. The molecule has 0 heterocycles. The minimum Gasteiger partial charge on any atom is -0.316 e. The lowest BCUT2D eigenvalue weighted by Crippen LogP contribution is -2.55. The summed E-state index contributed by atoms with van der Waals surface area (Å²) < 4.78 is 0. The fraction of sp³-hybridized carbons (Fsp3) is 1.00. The molecule has 0 aromatic rings. The molecule has 0 saturated heterocycles. The fourth-order valence-corrected chi connectivity index (χ4v) is 6.95. The molecule has 2 nitrogen and oxygen atoms in total. The van der Waals surface area contributed by atoms with Crippen LogP contribution in [0.2, 0.25) is 0 Å². The van der Waals surface area contributed by atoms with E-state index in [0.717, 1.165) is 19.0 Å². The van der Waals surface area contributed by atoms with Crippen LogP contribution in [0.25, 0.3) is 0 Å². The van der Waals surface area contributed by atoms with Gasteiger partial charge in [-0.25, -0.2) is 0 Å². The van der Waals surface area contributed by atoms with Gasteiger partial charge in [0.25, 0.3) is 0 Å². The second kappa shape index (κ2) is 5.53. The van der Waals surface area contributed by atoms with Crippen molar-refractivity contribution in [1.82, 2.24) is 10.2 Å². The van der Waals surface area contributed by atoms with Crippen molar-refractivity contribution in [3.05, 3.63) is 0 Å². The topological polar surface area (TPSA) is 15.3 Å². The Hall–Kier alpha value is -0.0800. The van der Waals surface area contributed by atoms with Gasteiger partial charge in [0, 0.05) is 13.1 Å². The Morgan fingerprint density at radius 2 is 1.67 bits per heavy atom. The van der Waals surface area contributed by atoms with Gasteiger partial charge in [-0.15, -0.1) is 0 Å². The first-order valence-corrected chi connectivity index (χ1v) is 9.25. The molecule has 0 amide bonds. The van der Waals surface area contributed by atoms with Gasteiger partial charge in [-0.2, -0.15) is 0 Å². The molecule has 122 valence electrons. The lowest BCUT2D eigenvalue weighted by Gasteiger charge is -2.65. The van der Waals surface area contributed by atoms with E-state index in [4.69, 9.17) is 0 Å². The summed E-state index contributed by atoms with van der Waals surface area (Å²) in [6.45, 7) is 12.1. The molecule has 0 aromatic carbocycles. The van der Waals surface area contributed by atoms with Gasteiger partial charge in [0.05, 0.1) is 0 Å². The Balaban J connectivity index is 1.58. The van der Waals surface area contributed by atoms with Gasteiger partial charge < -0.3 is 10.2 Å². The summed E-state index contributed by atoms with van der Waals surface area (Å²) in [5.74, 6) is 1.04. The van der Waals surface area contributed by atoms with E-state index in [1.54, 1.807) is 6.42 Å². The number of hydrogen-bond donors (Lipinski definition) is 1. The zero-order valence-corrected chi connectivity index (χ0v) is 14.8. The van der Waals surface area contributed by atoms with E-state index in [-0.39, 0.29) is 0 Å². The van der Waals surface area contributed by atoms with Crippen LogP contribution < -0.4 is 5.32 Å². The predicted molar refractivity (Wildman–Crippen MR) is 90.5 cm³/mol. The largest absolute Gasteiger partial charge is 0.316 e. The van der Waals surface area contributed by atoms with Crippen molar-refractivity contribution in [2.75, 3.05) is 33.2 Å². The average molecular weight is 293 g/mol. The van der Waals surface area contributed by atoms with Crippen LogP contribution >= 0.6 is 0 Å². The number of rotatable bonds is 7. The maximum absolute atomic E-state index is 3.44. The van der Waals surface area contributed by atoms with E-state index in [1.165, 1.54) is 51.6 Å². The third kappa shape index (κ3) is 3.32. The zero-order chi connectivity index (χ0) is 15.1. The van der Waals surface area contributed by atoms with E-state index in [0.29, 0.717) is 16.2 Å². The van der Waals surface area contributed by atoms with Gasteiger partial charge in [-0.3, -0.25) is 0 Å². The molecule has 0 spiro atoms. The number of nitrogens with zero attached hydrogens (tertiary/aromatic N) is 1. The molecule has 0 aromatic heterocycles. The van der Waals surface area contributed by atoms with Crippen LogP contribution in [-0.4, -0.2) is 38.1 Å². The second-order valence-corrected chi connectivity index (χ2v) is 9.54. The minimum atomic E-state index is 0.677. The van der Waals surface area contributed by atoms with Crippen LogP contribution in [0.5, 0.6) is 0 Å². The third-order valence-electron chi connectivity index (χ3n) is 6.69. The molecule has 0 aliphatic heterocycles. The molecule has 21 heavy (non-hydrogen) atoms. The van der Waals surface area contributed by atoms with Crippen LogP contribution in [-0.2, 0) is 0 Å². The standard InChI is InChI=1S/C19H36N2/c1-5-20-7-9-21(4)8-6-19-12-16-10-17(2,14-19)13-18(3,11-16)15-19/h16,20H,5-15H2,1-4H3. The molecular formula is C19H36N2. The van der Waals surface area contributed by atoms with Crippen molar-refractivity contribution in [3.63, 3.8) is 0 Å². The zero-order valence-electron chi connectivity index (χ0n) is 14.8. The summed E-state index contributed by atoms with van der Waals surface area (Å²) in [5.41, 5.74) is 2.04. The molecular weight excluding hydrogens is 256 g/mol. The monoisotopic (exact) mass is 292 g/mol. The predicted octanol–water partition coefficient (Wildman–Crippen LogP) is 3.91. The van der Waals surface area contributed by atoms with Crippen LogP contribution in [0.15, 0.2) is 0 Å². The Kier molecular flexibility index (Phi) is 4.16. The van der Waals surface area contributed by atoms with Crippen molar-refractivity contribution in [2.45, 2.75) is 65.7 Å². The van der Waals surface area contributed by atoms with Gasteiger partial charge >= 0.3 is 0 Å². The molecule has 4 aliphatic carbocycles. The molecule has 2 atom stereocenters. The van der Waals surface area contributed by atoms with Gasteiger partial charge in [0.1, 0.15) is 0 Å². The first kappa shape index (κ1) is 15.8. The van der Waals surface area contributed by atoms with Crippen LogP contribution in [0.4, 0.5) is 0 Å². The van der Waals surface area contributed by atoms with Gasteiger partial charge in [0.2, 0.25) is 0 Å². The highest BCUT2D eigenvalue weighted by atomic mass is 15.1. The highest BCUT2D eigenvalue weighted by Crippen LogP contribution is 2.70. The summed E-state index contributed by atoms with van der Waals surface area (Å²) in [5, 5.41) is 3.44. The molecule has 4 rings (SSSR count). The van der Waals surface area contributed by atoms with Crippen LogP contribution in [0.1, 0.15) is 65.7 Å². The molecule has 4 aliphatic rings. The normalized spacial score (nSPS) is 44.7. The Morgan fingerprint density at radius 1 is 1.00 bits per heavy atom. The summed E-state index contributed by atoms with van der Waals surface area (Å²) in [6, 6.07) is 0. The van der Waals surface area contributed by atoms with Crippen LogP contribution in [0, 0.1) is 22.2 Å². The first-order chi connectivity index (χ1) is 9.86. The number of hydrogen-bond acceptors (Lipinski definition) is 2. The summed E-state index contributed by atoms with van der Waals surface area (Å²) in [6.07, 6.45) is 10.6. The van der Waals surface area contributed by atoms with E-state index in [2.05, 4.69) is 38.0 Å². The SMILES string of the molecule is CCNCCN(C)CCC12CC3CC(C)(CC(C)(C3)C1)C2. The summed E-state index contributed by atoms with van der Waals surface area (Å²) in [7, 11) is 2.31. The highest BCUT2D eigenvalue weighted by molar-refractivity contribution is 5.10. The molecule has 1 N–H and O–H groups in total. The van der Waals surface area contributed by atoms with Crippen molar-refractivity contribution in [1.29, 1.82) is 0 Å². The second-order valence-electron chi connectivity index (χ2n) is 9.54. The molecule has 0 radical (unpaired) electrons. The summed E-state index contributed by atoms with van der Waals surface area (Å²) >= 11 is 0. The molecule has 4 fully saturated rings. The Labute approximate surface area is 132 Å². The van der Waals surface area contributed by atoms with Gasteiger partial charge in [-0.05, 0) is 87.2 Å². The van der Waals surface area contributed by atoms with Crippen LogP contribution in [0.3, 0.4) is 0 Å². The average Bonchev–Trinajstić information content (AvgIpc) is 2.32. The Morgan fingerprint density at radius 3 is 2.24 bits per heavy atom. The summed E-state index contributed by atoms with van der Waals surface area (Å²) in [4.78, 5) is 2.55. The molecule has 4 bridgehead atoms. The van der Waals surface area contributed by atoms with Crippen molar-refractivity contribution in [2.24, 2.45) is 22.2 Å². The molecule has 4 saturated carbocycles. The van der Waals surface area contributed by atoms with E-state index >= 15 is 0 Å². The number of likely N-dealkylation sites (N-methyl/N-ethyl adjacent to an activating group) is 2. The van der Waals surface area contributed by atoms with E-state index < -0.39 is 0 Å². The molecule has 2 heteroatoms. The number of nitrogens with one attached hydrogen (secondary N) is 1. The van der Waals surface area contributed by atoms with Crippen molar-refractivity contribution < 1.29 is 0 Å². The minimum absolute atomic E-state index is 0.677. The van der Waals surface area contributed by atoms with E-state index in [1.807, 2.05) is 0 Å². The lowest BCUT2D eigenvalue weighted by atomic mass is 9.40. The smallest absolute Gasteiger partial charge is 0.0104 e. The first-order valence-electron chi connectivity index (χ1n) is 9.25. The van der Waals surface area contributed by atoms with Crippen molar-refractivity contribution in [3.8, 4) is 0 Å². The molecule has 2 unspecified atom stereocenters. The van der Waals surface area contributed by atoms with Crippen molar-refractivity contribution >= 4 is 0 Å². The highest BCUT2D eigenvalue weighted by Gasteiger charge is 2.59.